The summed E-state index contributed by atoms with van der Waals surface area (Å²) in [6.45, 7) is 2.70. The summed E-state index contributed by atoms with van der Waals surface area (Å²) in [5.41, 5.74) is 0. The van der Waals surface area contributed by atoms with E-state index in [0.717, 1.165) is 18.0 Å². The Morgan fingerprint density at radius 1 is 1.13 bits per heavy atom. The molecule has 1 unspecified atom stereocenters. The molecule has 1 atom stereocenters. The van der Waals surface area contributed by atoms with Crippen LogP contribution in [0.1, 0.15) is 51.9 Å². The molecule has 0 aromatic heterocycles. The van der Waals surface area contributed by atoms with E-state index in [2.05, 4.69) is 12.2 Å². The zero-order valence-corrected chi connectivity index (χ0v) is 9.91. The van der Waals surface area contributed by atoms with E-state index >= 15 is 0 Å². The smallest absolute Gasteiger partial charge is 0.0459 e. The molecule has 88 valence electrons. The van der Waals surface area contributed by atoms with Gasteiger partial charge < -0.3 is 10.4 Å². The van der Waals surface area contributed by atoms with E-state index in [9.17, 15) is 0 Å². The number of aliphatic hydroxyl groups is 1. The number of hydrogen-bond acceptors (Lipinski definition) is 2. The number of hydrogen-bond donors (Lipinski definition) is 2. The van der Waals surface area contributed by atoms with Crippen molar-refractivity contribution in [2.45, 2.75) is 64.0 Å². The van der Waals surface area contributed by atoms with Gasteiger partial charge >= 0.3 is 0 Å². The molecule has 0 heterocycles. The van der Waals surface area contributed by atoms with Gasteiger partial charge in [-0.15, -0.1) is 0 Å². The van der Waals surface area contributed by atoms with Crippen LogP contribution in [0, 0.1) is 11.8 Å². The molecular formula is C13H25NO. The Bertz CT molecular complexity index is 183. The van der Waals surface area contributed by atoms with E-state index in [1.165, 1.54) is 44.9 Å². The molecule has 0 aromatic rings. The molecule has 2 fully saturated rings. The second-order valence-electron chi connectivity index (χ2n) is 5.42. The van der Waals surface area contributed by atoms with Crippen LogP contribution in [0.4, 0.5) is 0 Å². The number of rotatable bonds is 5. The van der Waals surface area contributed by atoms with Crippen molar-refractivity contribution in [1.29, 1.82) is 0 Å². The molecule has 15 heavy (non-hydrogen) atoms. The lowest BCUT2D eigenvalue weighted by Gasteiger charge is -2.31. The average molecular weight is 211 g/mol. The topological polar surface area (TPSA) is 32.3 Å². The van der Waals surface area contributed by atoms with Gasteiger partial charge in [-0.2, -0.15) is 0 Å². The lowest BCUT2D eigenvalue weighted by molar-refractivity contribution is 0.170. The zero-order chi connectivity index (χ0) is 10.7. The molecule has 2 nitrogen and oxygen atoms in total. The highest BCUT2D eigenvalue weighted by atomic mass is 16.3. The summed E-state index contributed by atoms with van der Waals surface area (Å²) in [5, 5.41) is 12.9. The van der Waals surface area contributed by atoms with Gasteiger partial charge in [0.05, 0.1) is 0 Å². The van der Waals surface area contributed by atoms with Gasteiger partial charge in [0.1, 0.15) is 0 Å². The van der Waals surface area contributed by atoms with E-state index in [1.54, 1.807) is 0 Å². The Kier molecular flexibility index (Phi) is 4.04. The minimum Gasteiger partial charge on any atom is -0.396 e. The molecule has 0 aromatic carbocycles. The summed E-state index contributed by atoms with van der Waals surface area (Å²) in [4.78, 5) is 0. The summed E-state index contributed by atoms with van der Waals surface area (Å²) in [5.74, 6) is 1.56. The van der Waals surface area contributed by atoms with Crippen molar-refractivity contribution in [2.24, 2.45) is 11.8 Å². The highest BCUT2D eigenvalue weighted by Crippen LogP contribution is 2.35. The van der Waals surface area contributed by atoms with Crippen LogP contribution in [0.25, 0.3) is 0 Å². The van der Waals surface area contributed by atoms with Gasteiger partial charge in [-0.05, 0) is 56.8 Å². The van der Waals surface area contributed by atoms with Gasteiger partial charge in [0.25, 0.3) is 0 Å². The van der Waals surface area contributed by atoms with Gasteiger partial charge in [-0.25, -0.2) is 0 Å². The van der Waals surface area contributed by atoms with Crippen molar-refractivity contribution in [1.82, 2.24) is 5.32 Å². The molecule has 0 spiro atoms. The summed E-state index contributed by atoms with van der Waals surface area (Å²) >= 11 is 0. The highest BCUT2D eigenvalue weighted by molar-refractivity contribution is 4.89. The van der Waals surface area contributed by atoms with Crippen LogP contribution in [0.2, 0.25) is 0 Å². The minimum absolute atomic E-state index is 0.395. The second kappa shape index (κ2) is 5.31. The van der Waals surface area contributed by atoms with E-state index in [1.807, 2.05) is 0 Å². The summed E-state index contributed by atoms with van der Waals surface area (Å²) < 4.78 is 0. The Balaban J connectivity index is 1.70. The van der Waals surface area contributed by atoms with Crippen LogP contribution >= 0.6 is 0 Å². The molecular weight excluding hydrogens is 186 g/mol. The molecule has 2 aliphatic carbocycles. The van der Waals surface area contributed by atoms with E-state index < -0.39 is 0 Å². The summed E-state index contributed by atoms with van der Waals surface area (Å²) in [6.07, 6.45) is 9.15. The zero-order valence-electron chi connectivity index (χ0n) is 9.91. The molecule has 2 aliphatic rings. The van der Waals surface area contributed by atoms with E-state index in [-0.39, 0.29) is 0 Å². The minimum atomic E-state index is 0.395. The maximum absolute atomic E-state index is 9.08. The van der Waals surface area contributed by atoms with Crippen LogP contribution in [0.5, 0.6) is 0 Å². The molecule has 0 amide bonds. The fraction of sp³-hybridized carbons (Fsp3) is 1.00. The van der Waals surface area contributed by atoms with Crippen molar-refractivity contribution < 1.29 is 5.11 Å². The van der Waals surface area contributed by atoms with Crippen LogP contribution in [-0.2, 0) is 0 Å². The molecule has 2 saturated carbocycles. The number of aliphatic hydroxyl groups excluding tert-OH is 1. The fourth-order valence-electron chi connectivity index (χ4n) is 2.90. The Hall–Kier alpha value is -0.0800. The predicted molar refractivity (Wildman–Crippen MR) is 62.8 cm³/mol. The predicted octanol–water partition coefficient (Wildman–Crippen LogP) is 2.32. The lowest BCUT2D eigenvalue weighted by atomic mass is 9.86. The van der Waals surface area contributed by atoms with Crippen LogP contribution in [0.3, 0.4) is 0 Å². The van der Waals surface area contributed by atoms with Crippen molar-refractivity contribution in [3.8, 4) is 0 Å². The first kappa shape index (κ1) is 11.4. The Labute approximate surface area is 93.5 Å². The van der Waals surface area contributed by atoms with Crippen LogP contribution in [-0.4, -0.2) is 23.8 Å². The molecule has 2 heteroatoms. The highest BCUT2D eigenvalue weighted by Gasteiger charge is 2.32. The molecule has 0 saturated heterocycles. The maximum Gasteiger partial charge on any atom is 0.0459 e. The molecule has 2 rings (SSSR count). The van der Waals surface area contributed by atoms with Crippen LogP contribution < -0.4 is 5.32 Å². The summed E-state index contributed by atoms with van der Waals surface area (Å²) in [7, 11) is 0. The van der Waals surface area contributed by atoms with Crippen LogP contribution in [0.15, 0.2) is 0 Å². The molecule has 0 aliphatic heterocycles. The summed E-state index contributed by atoms with van der Waals surface area (Å²) in [6, 6.07) is 1.51. The number of nitrogens with one attached hydrogen (secondary N) is 1. The van der Waals surface area contributed by atoms with Gasteiger partial charge in [0.15, 0.2) is 0 Å². The normalized spacial score (nSPS) is 34.0. The van der Waals surface area contributed by atoms with Gasteiger partial charge in [0.2, 0.25) is 0 Å². The average Bonchev–Trinajstić information content (AvgIpc) is 3.10. The third kappa shape index (κ3) is 3.18. The van der Waals surface area contributed by atoms with Gasteiger partial charge in [0, 0.05) is 18.7 Å². The Morgan fingerprint density at radius 3 is 2.27 bits per heavy atom. The van der Waals surface area contributed by atoms with Gasteiger partial charge in [-0.3, -0.25) is 0 Å². The van der Waals surface area contributed by atoms with Gasteiger partial charge in [-0.1, -0.05) is 6.92 Å². The fourth-order valence-corrected chi connectivity index (χ4v) is 2.90. The maximum atomic E-state index is 9.08. The molecule has 0 radical (unpaired) electrons. The third-order valence-corrected chi connectivity index (χ3v) is 4.19. The van der Waals surface area contributed by atoms with Crippen molar-refractivity contribution in [3.05, 3.63) is 0 Å². The van der Waals surface area contributed by atoms with Crippen molar-refractivity contribution in [3.63, 3.8) is 0 Å². The first-order chi connectivity index (χ1) is 7.33. The van der Waals surface area contributed by atoms with Crippen molar-refractivity contribution in [2.75, 3.05) is 6.61 Å². The third-order valence-electron chi connectivity index (χ3n) is 4.19. The van der Waals surface area contributed by atoms with E-state index in [0.29, 0.717) is 12.5 Å². The quantitative estimate of drug-likeness (QED) is 0.731. The molecule has 2 N–H and O–H groups in total. The molecule has 0 bridgehead atoms. The second-order valence-corrected chi connectivity index (χ2v) is 5.42. The standard InChI is InChI=1S/C13H25NO/c1-2-13(11-5-6-11)14-12-7-3-10(9-15)4-8-12/h10-15H,2-9H2,1H3. The SMILES string of the molecule is CCC(NC1CCC(CO)CC1)C1CC1. The first-order valence-corrected chi connectivity index (χ1v) is 6.70. The largest absolute Gasteiger partial charge is 0.396 e. The Morgan fingerprint density at radius 2 is 1.80 bits per heavy atom. The van der Waals surface area contributed by atoms with E-state index in [4.69, 9.17) is 5.11 Å². The lowest BCUT2D eigenvalue weighted by Crippen LogP contribution is -2.41. The monoisotopic (exact) mass is 211 g/mol. The van der Waals surface area contributed by atoms with Crippen molar-refractivity contribution >= 4 is 0 Å². The first-order valence-electron chi connectivity index (χ1n) is 6.70.